The lowest BCUT2D eigenvalue weighted by Crippen LogP contribution is -2.28. The normalized spacial score (nSPS) is 15.6. The average Bonchev–Trinajstić information content (AvgIpc) is 3.39. The van der Waals surface area contributed by atoms with Crippen molar-refractivity contribution in [3.8, 4) is 0 Å². The molecule has 0 aliphatic heterocycles. The van der Waals surface area contributed by atoms with E-state index in [0.717, 1.165) is 5.56 Å². The first-order chi connectivity index (χ1) is 11.8. The summed E-state index contributed by atoms with van der Waals surface area (Å²) in [5.74, 6) is -0.559. The third-order valence-electron chi connectivity index (χ3n) is 4.59. The minimum atomic E-state index is -3.61. The molecule has 0 unspecified atom stereocenters. The van der Waals surface area contributed by atoms with E-state index < -0.39 is 15.4 Å². The van der Waals surface area contributed by atoms with Crippen molar-refractivity contribution in [2.24, 2.45) is 0 Å². The van der Waals surface area contributed by atoms with Gasteiger partial charge in [-0.05, 0) is 62.2 Å². The number of halogens is 1. The van der Waals surface area contributed by atoms with Crippen molar-refractivity contribution in [2.45, 2.75) is 30.1 Å². The lowest BCUT2D eigenvalue weighted by atomic mass is 9.95. The zero-order chi connectivity index (χ0) is 18.2. The van der Waals surface area contributed by atoms with E-state index in [2.05, 4.69) is 10.0 Å². The van der Waals surface area contributed by atoms with Gasteiger partial charge in [0.2, 0.25) is 15.9 Å². The molecule has 1 saturated carbocycles. The minimum absolute atomic E-state index is 0.124. The third kappa shape index (κ3) is 3.29. The largest absolute Gasteiger partial charge is 0.325 e. The van der Waals surface area contributed by atoms with Crippen LogP contribution in [0, 0.1) is 12.7 Å². The SMILES string of the molecule is CNS(=O)(=O)c1cc(NC(=O)C2(c3ccc(F)cc3)CC2)ccc1C. The number of sulfonamides is 1. The van der Waals surface area contributed by atoms with Gasteiger partial charge in [-0.3, -0.25) is 4.79 Å². The molecule has 0 heterocycles. The van der Waals surface area contributed by atoms with E-state index in [9.17, 15) is 17.6 Å². The molecule has 0 atom stereocenters. The number of benzene rings is 2. The summed E-state index contributed by atoms with van der Waals surface area (Å²) in [5, 5.41) is 2.80. The average molecular weight is 362 g/mol. The van der Waals surface area contributed by atoms with Gasteiger partial charge in [0.15, 0.2) is 0 Å². The molecule has 1 fully saturated rings. The Hall–Kier alpha value is -2.25. The zero-order valence-electron chi connectivity index (χ0n) is 14.0. The van der Waals surface area contributed by atoms with Crippen LogP contribution >= 0.6 is 0 Å². The number of anilines is 1. The summed E-state index contributed by atoms with van der Waals surface area (Å²) in [4.78, 5) is 12.9. The standard InChI is InChI=1S/C18H19FN2O3S/c1-12-3-8-15(11-16(12)25(23,24)20-2)21-17(22)18(9-10-18)13-4-6-14(19)7-5-13/h3-8,11,20H,9-10H2,1-2H3,(H,21,22). The number of amides is 1. The second-order valence-electron chi connectivity index (χ2n) is 6.23. The summed E-state index contributed by atoms with van der Waals surface area (Å²) in [7, 11) is -2.27. The Bertz CT molecular complexity index is 920. The maximum atomic E-state index is 13.1. The van der Waals surface area contributed by atoms with Crippen LogP contribution in [-0.2, 0) is 20.2 Å². The number of rotatable bonds is 5. The smallest absolute Gasteiger partial charge is 0.240 e. The van der Waals surface area contributed by atoms with E-state index in [1.54, 1.807) is 31.2 Å². The van der Waals surface area contributed by atoms with Gasteiger partial charge in [-0.15, -0.1) is 0 Å². The van der Waals surface area contributed by atoms with Crippen LogP contribution in [0.4, 0.5) is 10.1 Å². The molecule has 7 heteroatoms. The molecule has 1 amide bonds. The first kappa shape index (κ1) is 17.6. The van der Waals surface area contributed by atoms with Gasteiger partial charge in [0.05, 0.1) is 10.3 Å². The summed E-state index contributed by atoms with van der Waals surface area (Å²) in [6.07, 6.45) is 1.36. The molecule has 0 bridgehead atoms. The molecule has 1 aliphatic rings. The molecule has 0 aromatic heterocycles. The lowest BCUT2D eigenvalue weighted by Gasteiger charge is -2.17. The summed E-state index contributed by atoms with van der Waals surface area (Å²) in [6, 6.07) is 10.7. The molecule has 5 nitrogen and oxygen atoms in total. The summed E-state index contributed by atoms with van der Waals surface area (Å²) >= 11 is 0. The Morgan fingerprint density at radius 3 is 2.32 bits per heavy atom. The van der Waals surface area contributed by atoms with Crippen molar-refractivity contribution in [3.05, 3.63) is 59.4 Å². The van der Waals surface area contributed by atoms with Gasteiger partial charge in [0.1, 0.15) is 5.82 Å². The summed E-state index contributed by atoms with van der Waals surface area (Å²) in [5.41, 5.74) is 1.10. The fraction of sp³-hybridized carbons (Fsp3) is 0.278. The van der Waals surface area contributed by atoms with Crippen LogP contribution < -0.4 is 10.0 Å². The molecule has 0 saturated heterocycles. The Morgan fingerprint density at radius 2 is 1.76 bits per heavy atom. The van der Waals surface area contributed by atoms with Crippen LogP contribution in [0.3, 0.4) is 0 Å². The van der Waals surface area contributed by atoms with Crippen LogP contribution in [0.5, 0.6) is 0 Å². The molecule has 0 spiro atoms. The van der Waals surface area contributed by atoms with E-state index in [-0.39, 0.29) is 16.6 Å². The van der Waals surface area contributed by atoms with Gasteiger partial charge in [0, 0.05) is 5.69 Å². The Balaban J connectivity index is 1.87. The van der Waals surface area contributed by atoms with Gasteiger partial charge in [-0.25, -0.2) is 17.5 Å². The van der Waals surface area contributed by atoms with Crippen molar-refractivity contribution in [1.29, 1.82) is 0 Å². The van der Waals surface area contributed by atoms with Crippen molar-refractivity contribution in [1.82, 2.24) is 4.72 Å². The van der Waals surface area contributed by atoms with Crippen molar-refractivity contribution in [3.63, 3.8) is 0 Å². The molecular formula is C18H19FN2O3S. The highest BCUT2D eigenvalue weighted by Crippen LogP contribution is 2.49. The number of hydrogen-bond acceptors (Lipinski definition) is 3. The fourth-order valence-corrected chi connectivity index (χ4v) is 3.86. The lowest BCUT2D eigenvalue weighted by molar-refractivity contribution is -0.118. The molecular weight excluding hydrogens is 343 g/mol. The van der Waals surface area contributed by atoms with Crippen LogP contribution in [0.2, 0.25) is 0 Å². The predicted octanol–water partition coefficient (Wildman–Crippen LogP) is 2.71. The molecule has 25 heavy (non-hydrogen) atoms. The van der Waals surface area contributed by atoms with Gasteiger partial charge in [0.25, 0.3) is 0 Å². The maximum Gasteiger partial charge on any atom is 0.240 e. The predicted molar refractivity (Wildman–Crippen MR) is 93.4 cm³/mol. The van der Waals surface area contributed by atoms with Crippen LogP contribution in [0.15, 0.2) is 47.4 Å². The second-order valence-corrected chi connectivity index (χ2v) is 8.09. The van der Waals surface area contributed by atoms with Crippen molar-refractivity contribution in [2.75, 3.05) is 12.4 Å². The van der Waals surface area contributed by atoms with E-state index in [0.29, 0.717) is 24.1 Å². The molecule has 0 radical (unpaired) electrons. The Labute approximate surface area is 146 Å². The summed E-state index contributed by atoms with van der Waals surface area (Å²) < 4.78 is 39.5. The molecule has 132 valence electrons. The quantitative estimate of drug-likeness (QED) is 0.859. The van der Waals surface area contributed by atoms with Gasteiger partial charge >= 0.3 is 0 Å². The van der Waals surface area contributed by atoms with E-state index in [1.807, 2.05) is 0 Å². The second kappa shape index (κ2) is 6.24. The minimum Gasteiger partial charge on any atom is -0.325 e. The zero-order valence-corrected chi connectivity index (χ0v) is 14.8. The highest BCUT2D eigenvalue weighted by Gasteiger charge is 2.51. The van der Waals surface area contributed by atoms with Crippen molar-refractivity contribution < 1.29 is 17.6 Å². The van der Waals surface area contributed by atoms with Gasteiger partial charge < -0.3 is 5.32 Å². The van der Waals surface area contributed by atoms with Gasteiger partial charge in [-0.1, -0.05) is 18.2 Å². The molecule has 2 aromatic carbocycles. The first-order valence-electron chi connectivity index (χ1n) is 7.90. The van der Waals surface area contributed by atoms with Crippen molar-refractivity contribution >= 4 is 21.6 Å². The number of nitrogens with one attached hydrogen (secondary N) is 2. The van der Waals surface area contributed by atoms with Crippen LogP contribution in [0.25, 0.3) is 0 Å². The number of hydrogen-bond donors (Lipinski definition) is 2. The Kier molecular flexibility index (Phi) is 4.38. The topological polar surface area (TPSA) is 75.3 Å². The highest BCUT2D eigenvalue weighted by molar-refractivity contribution is 7.89. The van der Waals surface area contributed by atoms with Gasteiger partial charge in [-0.2, -0.15) is 0 Å². The monoisotopic (exact) mass is 362 g/mol. The third-order valence-corrected chi connectivity index (χ3v) is 6.14. The molecule has 1 aliphatic carbocycles. The summed E-state index contributed by atoms with van der Waals surface area (Å²) in [6.45, 7) is 1.69. The first-order valence-corrected chi connectivity index (χ1v) is 9.38. The number of aryl methyl sites for hydroxylation is 1. The highest BCUT2D eigenvalue weighted by atomic mass is 32.2. The van der Waals surface area contributed by atoms with Crippen LogP contribution in [0.1, 0.15) is 24.0 Å². The molecule has 3 rings (SSSR count). The molecule has 2 N–H and O–H groups in total. The van der Waals surface area contributed by atoms with E-state index in [1.165, 1.54) is 25.2 Å². The fourth-order valence-electron chi connectivity index (χ4n) is 2.87. The van der Waals surface area contributed by atoms with E-state index >= 15 is 0 Å². The number of carbonyl (C=O) groups is 1. The Morgan fingerprint density at radius 1 is 1.12 bits per heavy atom. The molecule has 2 aromatic rings. The maximum absolute atomic E-state index is 13.1. The number of carbonyl (C=O) groups excluding carboxylic acids is 1. The van der Waals surface area contributed by atoms with E-state index in [4.69, 9.17) is 0 Å². The van der Waals surface area contributed by atoms with Crippen LogP contribution in [-0.4, -0.2) is 21.4 Å².